The molecule has 6 nitrogen and oxygen atoms in total. The number of benzene rings is 2. The summed E-state index contributed by atoms with van der Waals surface area (Å²) in [5, 5.41) is 14.6. The minimum absolute atomic E-state index is 0.0958. The summed E-state index contributed by atoms with van der Waals surface area (Å²) in [6.45, 7) is 0. The molecule has 0 fully saturated rings. The van der Waals surface area contributed by atoms with Crippen molar-refractivity contribution in [2.24, 2.45) is 0 Å². The number of rotatable bonds is 7. The Bertz CT molecular complexity index is 1180. The van der Waals surface area contributed by atoms with Gasteiger partial charge in [0.1, 0.15) is 10.8 Å². The van der Waals surface area contributed by atoms with Crippen molar-refractivity contribution in [1.29, 1.82) is 0 Å². The van der Waals surface area contributed by atoms with Crippen LogP contribution in [0.25, 0.3) is 21.8 Å². The number of para-hydroxylation sites is 1. The topological polar surface area (TPSA) is 78.2 Å². The fourth-order valence-electron chi connectivity index (χ4n) is 2.88. The maximum atomic E-state index is 10.8. The van der Waals surface area contributed by atoms with Gasteiger partial charge in [-0.3, -0.25) is 10.1 Å². The first-order chi connectivity index (χ1) is 14.6. The van der Waals surface area contributed by atoms with Crippen LogP contribution in [0.3, 0.4) is 0 Å². The third-order valence-electron chi connectivity index (χ3n) is 4.40. The molecule has 0 amide bonds. The standard InChI is InChI=1S/C22H17N3O3S2/c1-28-20-5-3-2-4-18(20)19-14-30-22(24-19)16-10-11-23-21(12-16)29-13-15-6-8-17(9-7-15)25(26)27/h2-12,14H,13H2,1H3. The lowest BCUT2D eigenvalue weighted by Crippen LogP contribution is -1.89. The van der Waals surface area contributed by atoms with Crippen molar-refractivity contribution in [1.82, 2.24) is 9.97 Å². The molecule has 4 rings (SSSR count). The van der Waals surface area contributed by atoms with Crippen molar-refractivity contribution < 1.29 is 9.66 Å². The number of aromatic nitrogens is 2. The van der Waals surface area contributed by atoms with Crippen molar-refractivity contribution in [2.45, 2.75) is 10.8 Å². The van der Waals surface area contributed by atoms with Crippen molar-refractivity contribution >= 4 is 28.8 Å². The fourth-order valence-corrected chi connectivity index (χ4v) is 4.55. The number of nitrogens with zero attached hydrogens (tertiary/aromatic N) is 3. The van der Waals surface area contributed by atoms with Crippen LogP contribution >= 0.6 is 23.1 Å². The molecule has 2 heterocycles. The SMILES string of the molecule is COc1ccccc1-c1csc(-c2ccnc(SCc3ccc([N+](=O)[O-])cc3)c2)n1. The number of non-ortho nitro benzene ring substituents is 1. The Morgan fingerprint density at radius 3 is 2.70 bits per heavy atom. The Balaban J connectivity index is 1.50. The fraction of sp³-hybridized carbons (Fsp3) is 0.0909. The lowest BCUT2D eigenvalue weighted by Gasteiger charge is -2.05. The predicted molar refractivity (Wildman–Crippen MR) is 120 cm³/mol. The van der Waals surface area contributed by atoms with Crippen LogP contribution in [0.15, 0.2) is 77.3 Å². The first-order valence-corrected chi connectivity index (χ1v) is 10.9. The first kappa shape index (κ1) is 20.1. The van der Waals surface area contributed by atoms with Gasteiger partial charge in [-0.15, -0.1) is 23.1 Å². The van der Waals surface area contributed by atoms with Gasteiger partial charge in [0, 0.05) is 40.6 Å². The summed E-state index contributed by atoms with van der Waals surface area (Å²) in [6, 6.07) is 18.4. The van der Waals surface area contributed by atoms with Crippen LogP contribution in [0.5, 0.6) is 5.75 Å². The zero-order valence-electron chi connectivity index (χ0n) is 16.0. The number of nitro groups is 1. The molecular formula is C22H17N3O3S2. The molecule has 0 N–H and O–H groups in total. The molecule has 0 saturated heterocycles. The zero-order valence-corrected chi connectivity index (χ0v) is 17.7. The number of hydrogen-bond acceptors (Lipinski definition) is 7. The minimum atomic E-state index is -0.394. The van der Waals surface area contributed by atoms with Gasteiger partial charge in [-0.05, 0) is 29.8 Å². The molecule has 8 heteroatoms. The highest BCUT2D eigenvalue weighted by Gasteiger charge is 2.11. The van der Waals surface area contributed by atoms with Crippen molar-refractivity contribution in [3.8, 4) is 27.6 Å². The second-order valence-corrected chi connectivity index (χ2v) is 8.19. The summed E-state index contributed by atoms with van der Waals surface area (Å²) in [5.41, 5.74) is 3.94. The lowest BCUT2D eigenvalue weighted by atomic mass is 10.1. The van der Waals surface area contributed by atoms with Gasteiger partial charge in [0.15, 0.2) is 0 Å². The van der Waals surface area contributed by atoms with E-state index in [1.165, 1.54) is 12.1 Å². The number of pyridine rings is 1. The molecular weight excluding hydrogens is 418 g/mol. The Morgan fingerprint density at radius 1 is 1.13 bits per heavy atom. The number of hydrogen-bond donors (Lipinski definition) is 0. The van der Waals surface area contributed by atoms with Gasteiger partial charge in [0.25, 0.3) is 5.69 Å². The highest BCUT2D eigenvalue weighted by atomic mass is 32.2. The summed E-state index contributed by atoms with van der Waals surface area (Å²) in [5.74, 6) is 1.47. The van der Waals surface area contributed by atoms with Crippen LogP contribution in [0.2, 0.25) is 0 Å². The van der Waals surface area contributed by atoms with Gasteiger partial charge in [-0.1, -0.05) is 24.3 Å². The van der Waals surface area contributed by atoms with Gasteiger partial charge in [0.2, 0.25) is 0 Å². The van der Waals surface area contributed by atoms with Crippen LogP contribution in [0.4, 0.5) is 5.69 Å². The molecule has 0 spiro atoms. The number of methoxy groups -OCH3 is 1. The molecule has 30 heavy (non-hydrogen) atoms. The van der Waals surface area contributed by atoms with Gasteiger partial charge in [-0.2, -0.15) is 0 Å². The minimum Gasteiger partial charge on any atom is -0.496 e. The van der Waals surface area contributed by atoms with E-state index < -0.39 is 4.92 Å². The number of thiazole rings is 1. The van der Waals surface area contributed by atoms with E-state index in [9.17, 15) is 10.1 Å². The number of ether oxygens (including phenoxy) is 1. The molecule has 0 bridgehead atoms. The normalized spacial score (nSPS) is 10.7. The summed E-state index contributed by atoms with van der Waals surface area (Å²) in [7, 11) is 1.66. The van der Waals surface area contributed by atoms with E-state index in [1.807, 2.05) is 41.8 Å². The summed E-state index contributed by atoms with van der Waals surface area (Å²) in [4.78, 5) is 19.6. The van der Waals surface area contributed by atoms with E-state index >= 15 is 0 Å². The van der Waals surface area contributed by atoms with E-state index in [4.69, 9.17) is 9.72 Å². The van der Waals surface area contributed by atoms with Crippen LogP contribution in [-0.2, 0) is 5.75 Å². The van der Waals surface area contributed by atoms with Gasteiger partial charge >= 0.3 is 0 Å². The second kappa shape index (κ2) is 9.06. The maximum absolute atomic E-state index is 10.8. The summed E-state index contributed by atoms with van der Waals surface area (Å²) >= 11 is 3.16. The van der Waals surface area contributed by atoms with Gasteiger partial charge < -0.3 is 4.74 Å². The molecule has 0 aliphatic heterocycles. The first-order valence-electron chi connectivity index (χ1n) is 9.05. The molecule has 150 valence electrons. The summed E-state index contributed by atoms with van der Waals surface area (Å²) in [6.07, 6.45) is 1.78. The average molecular weight is 436 g/mol. The second-order valence-electron chi connectivity index (χ2n) is 6.33. The van der Waals surface area contributed by atoms with Crippen LogP contribution in [-0.4, -0.2) is 22.0 Å². The third kappa shape index (κ3) is 4.50. The van der Waals surface area contributed by atoms with Crippen LogP contribution < -0.4 is 4.74 Å². The molecule has 0 unspecified atom stereocenters. The molecule has 0 saturated carbocycles. The van der Waals surface area contributed by atoms with Crippen LogP contribution in [0.1, 0.15) is 5.56 Å². The van der Waals surface area contributed by atoms with E-state index in [1.54, 1.807) is 48.5 Å². The highest BCUT2D eigenvalue weighted by Crippen LogP contribution is 2.34. The Labute approximate surface area is 181 Å². The quantitative estimate of drug-likeness (QED) is 0.199. The Hall–Kier alpha value is -3.23. The summed E-state index contributed by atoms with van der Waals surface area (Å²) < 4.78 is 5.44. The molecule has 0 aliphatic carbocycles. The van der Waals surface area contributed by atoms with Gasteiger partial charge in [-0.25, -0.2) is 9.97 Å². The van der Waals surface area contributed by atoms with E-state index in [-0.39, 0.29) is 5.69 Å². The number of thioether (sulfide) groups is 1. The lowest BCUT2D eigenvalue weighted by molar-refractivity contribution is -0.384. The molecule has 0 radical (unpaired) electrons. The predicted octanol–water partition coefficient (Wildman–Crippen LogP) is 6.08. The molecule has 2 aromatic heterocycles. The maximum Gasteiger partial charge on any atom is 0.269 e. The molecule has 0 atom stereocenters. The zero-order chi connectivity index (χ0) is 20.9. The van der Waals surface area contributed by atoms with Crippen molar-refractivity contribution in [3.63, 3.8) is 0 Å². The van der Waals surface area contributed by atoms with Crippen molar-refractivity contribution in [3.05, 3.63) is 87.9 Å². The monoisotopic (exact) mass is 435 g/mol. The Morgan fingerprint density at radius 2 is 1.93 bits per heavy atom. The van der Waals surface area contributed by atoms with E-state index in [0.29, 0.717) is 5.75 Å². The average Bonchev–Trinajstić information content (AvgIpc) is 3.28. The largest absolute Gasteiger partial charge is 0.496 e. The van der Waals surface area contributed by atoms with Crippen LogP contribution in [0, 0.1) is 10.1 Å². The van der Waals surface area contributed by atoms with Crippen molar-refractivity contribution in [2.75, 3.05) is 7.11 Å². The third-order valence-corrected chi connectivity index (χ3v) is 6.29. The molecule has 4 aromatic rings. The smallest absolute Gasteiger partial charge is 0.269 e. The van der Waals surface area contributed by atoms with E-state index in [2.05, 4.69) is 4.98 Å². The highest BCUT2D eigenvalue weighted by molar-refractivity contribution is 7.98. The molecule has 2 aromatic carbocycles. The van der Waals surface area contributed by atoms with E-state index in [0.717, 1.165) is 38.2 Å². The van der Waals surface area contributed by atoms with Gasteiger partial charge in [0.05, 0.1) is 22.8 Å². The Kier molecular flexibility index (Phi) is 6.06. The molecule has 0 aliphatic rings. The number of nitro benzene ring substituents is 1.